The van der Waals surface area contributed by atoms with Crippen LogP contribution in [0.15, 0.2) is 36.4 Å². The molecule has 8 nitrogen and oxygen atoms in total. The highest BCUT2D eigenvalue weighted by Gasteiger charge is 2.19. The number of ether oxygens (including phenoxy) is 2. The lowest BCUT2D eigenvalue weighted by Crippen LogP contribution is -2.27. The monoisotopic (exact) mass is 345 g/mol. The van der Waals surface area contributed by atoms with Gasteiger partial charge in [0, 0.05) is 23.3 Å². The van der Waals surface area contributed by atoms with E-state index in [2.05, 4.69) is 5.32 Å². The minimum absolute atomic E-state index is 0.00595. The van der Waals surface area contributed by atoms with Crippen LogP contribution >= 0.6 is 0 Å². The number of rotatable bonds is 6. The summed E-state index contributed by atoms with van der Waals surface area (Å²) in [5.41, 5.74) is 6.15. The maximum Gasteiger partial charge on any atom is 0.292 e. The van der Waals surface area contributed by atoms with Gasteiger partial charge in [-0.1, -0.05) is 0 Å². The summed E-state index contributed by atoms with van der Waals surface area (Å²) in [4.78, 5) is 22.7. The molecule has 0 heterocycles. The van der Waals surface area contributed by atoms with Crippen molar-refractivity contribution >= 4 is 17.3 Å². The van der Waals surface area contributed by atoms with Crippen LogP contribution in [-0.2, 0) is 0 Å². The summed E-state index contributed by atoms with van der Waals surface area (Å²) in [6.07, 6.45) is 0. The maximum absolute atomic E-state index is 12.4. The van der Waals surface area contributed by atoms with Crippen LogP contribution in [0.4, 0.5) is 11.4 Å². The van der Waals surface area contributed by atoms with Gasteiger partial charge in [0.2, 0.25) is 0 Å². The van der Waals surface area contributed by atoms with Gasteiger partial charge in [-0.15, -0.1) is 0 Å². The molecule has 8 heteroatoms. The number of benzene rings is 2. The molecule has 0 radical (unpaired) electrons. The molecule has 2 aromatic carbocycles. The molecular formula is C17H19N3O5. The molecule has 0 spiro atoms. The highest BCUT2D eigenvalue weighted by molar-refractivity contribution is 5.95. The normalized spacial score (nSPS) is 11.5. The van der Waals surface area contributed by atoms with Crippen LogP contribution in [-0.4, -0.2) is 25.1 Å². The first kappa shape index (κ1) is 18.1. The molecule has 0 saturated heterocycles. The highest BCUT2D eigenvalue weighted by atomic mass is 16.6. The Kier molecular flexibility index (Phi) is 5.43. The molecule has 25 heavy (non-hydrogen) atoms. The quantitative estimate of drug-likeness (QED) is 0.472. The van der Waals surface area contributed by atoms with Crippen LogP contribution < -0.4 is 20.5 Å². The van der Waals surface area contributed by atoms with Crippen LogP contribution in [0.5, 0.6) is 11.5 Å². The van der Waals surface area contributed by atoms with Crippen molar-refractivity contribution in [2.75, 3.05) is 20.0 Å². The van der Waals surface area contributed by atoms with E-state index in [4.69, 9.17) is 15.2 Å². The minimum Gasteiger partial charge on any atom is -0.497 e. The largest absolute Gasteiger partial charge is 0.497 e. The van der Waals surface area contributed by atoms with Crippen molar-refractivity contribution in [3.63, 3.8) is 0 Å². The molecule has 2 rings (SSSR count). The Morgan fingerprint density at radius 1 is 1.20 bits per heavy atom. The van der Waals surface area contributed by atoms with E-state index in [9.17, 15) is 14.9 Å². The van der Waals surface area contributed by atoms with E-state index >= 15 is 0 Å². The number of hydrogen-bond acceptors (Lipinski definition) is 6. The van der Waals surface area contributed by atoms with Gasteiger partial charge in [0.05, 0.1) is 25.2 Å². The second-order valence-electron chi connectivity index (χ2n) is 5.33. The van der Waals surface area contributed by atoms with Gasteiger partial charge in [-0.25, -0.2) is 0 Å². The number of nitrogens with zero attached hydrogens (tertiary/aromatic N) is 1. The van der Waals surface area contributed by atoms with E-state index in [1.807, 2.05) is 0 Å². The number of anilines is 1. The summed E-state index contributed by atoms with van der Waals surface area (Å²) in [7, 11) is 3.07. The molecule has 0 bridgehead atoms. The predicted molar refractivity (Wildman–Crippen MR) is 92.9 cm³/mol. The Labute approximate surface area is 144 Å². The summed E-state index contributed by atoms with van der Waals surface area (Å²) in [5, 5.41) is 13.7. The van der Waals surface area contributed by atoms with Crippen molar-refractivity contribution in [1.29, 1.82) is 0 Å². The highest BCUT2D eigenvalue weighted by Crippen LogP contribution is 2.30. The Bertz CT molecular complexity index is 807. The van der Waals surface area contributed by atoms with Crippen LogP contribution in [0, 0.1) is 10.1 Å². The molecule has 1 unspecified atom stereocenters. The number of carbonyl (C=O) groups excluding carboxylic acids is 1. The smallest absolute Gasteiger partial charge is 0.292 e. The van der Waals surface area contributed by atoms with Crippen LogP contribution in [0.25, 0.3) is 0 Å². The second kappa shape index (κ2) is 7.52. The summed E-state index contributed by atoms with van der Waals surface area (Å²) >= 11 is 0. The fraction of sp³-hybridized carbons (Fsp3) is 0.235. The number of nitro benzene ring substituents is 1. The number of nitrogens with two attached hydrogens (primary N) is 1. The van der Waals surface area contributed by atoms with Crippen molar-refractivity contribution in [3.8, 4) is 11.5 Å². The fourth-order valence-electron chi connectivity index (χ4n) is 2.38. The lowest BCUT2D eigenvalue weighted by atomic mass is 10.1. The molecule has 1 atom stereocenters. The van der Waals surface area contributed by atoms with E-state index in [-0.39, 0.29) is 23.0 Å². The molecule has 0 aromatic heterocycles. The van der Waals surface area contributed by atoms with E-state index in [0.717, 1.165) is 11.6 Å². The second-order valence-corrected chi connectivity index (χ2v) is 5.33. The molecule has 1 amide bonds. The van der Waals surface area contributed by atoms with Gasteiger partial charge in [-0.05, 0) is 31.2 Å². The van der Waals surface area contributed by atoms with Crippen LogP contribution in [0.3, 0.4) is 0 Å². The van der Waals surface area contributed by atoms with Gasteiger partial charge in [0.15, 0.2) is 0 Å². The summed E-state index contributed by atoms with van der Waals surface area (Å²) in [5.74, 6) is 0.747. The Morgan fingerprint density at radius 2 is 1.92 bits per heavy atom. The molecule has 2 aromatic rings. The number of methoxy groups -OCH3 is 2. The van der Waals surface area contributed by atoms with Crippen molar-refractivity contribution in [2.24, 2.45) is 0 Å². The first-order valence-corrected chi connectivity index (χ1v) is 7.44. The Hall–Kier alpha value is -3.29. The van der Waals surface area contributed by atoms with Gasteiger partial charge in [-0.3, -0.25) is 14.9 Å². The number of nitro groups is 1. The van der Waals surface area contributed by atoms with Crippen molar-refractivity contribution < 1.29 is 19.2 Å². The first-order valence-electron chi connectivity index (χ1n) is 7.44. The number of carbonyl (C=O) groups is 1. The van der Waals surface area contributed by atoms with Crippen molar-refractivity contribution in [1.82, 2.24) is 5.32 Å². The van der Waals surface area contributed by atoms with Gasteiger partial charge in [0.1, 0.15) is 17.2 Å². The van der Waals surface area contributed by atoms with Crippen molar-refractivity contribution in [3.05, 3.63) is 57.6 Å². The van der Waals surface area contributed by atoms with Gasteiger partial charge < -0.3 is 20.5 Å². The fourth-order valence-corrected chi connectivity index (χ4v) is 2.38. The van der Waals surface area contributed by atoms with E-state index in [1.54, 1.807) is 32.2 Å². The van der Waals surface area contributed by atoms with E-state index in [1.165, 1.54) is 19.2 Å². The number of nitrogen functional groups attached to an aromatic ring is 1. The van der Waals surface area contributed by atoms with Gasteiger partial charge in [-0.2, -0.15) is 0 Å². The lowest BCUT2D eigenvalue weighted by Gasteiger charge is -2.18. The molecule has 0 fully saturated rings. The molecule has 0 aliphatic carbocycles. The number of nitrogens with one attached hydrogen (secondary N) is 1. The minimum atomic E-state index is -0.623. The Balaban J connectivity index is 2.23. The molecule has 0 aliphatic heterocycles. The predicted octanol–water partition coefficient (Wildman–Crippen LogP) is 2.69. The summed E-state index contributed by atoms with van der Waals surface area (Å²) < 4.78 is 10.5. The molecule has 0 saturated carbocycles. The third kappa shape index (κ3) is 3.97. The van der Waals surface area contributed by atoms with Gasteiger partial charge in [0.25, 0.3) is 11.6 Å². The maximum atomic E-state index is 12.4. The first-order chi connectivity index (χ1) is 11.9. The zero-order valence-electron chi connectivity index (χ0n) is 14.1. The van der Waals surface area contributed by atoms with Gasteiger partial charge >= 0.3 is 0 Å². The molecule has 3 N–H and O–H groups in total. The summed E-state index contributed by atoms with van der Waals surface area (Å²) in [6, 6.07) is 8.81. The third-order valence-electron chi connectivity index (χ3n) is 3.74. The van der Waals surface area contributed by atoms with Crippen LogP contribution in [0.1, 0.15) is 28.9 Å². The van der Waals surface area contributed by atoms with Crippen LogP contribution in [0.2, 0.25) is 0 Å². The third-order valence-corrected chi connectivity index (χ3v) is 3.74. The zero-order chi connectivity index (χ0) is 18.6. The number of amides is 1. The standard InChI is InChI=1S/C17H19N3O5/c1-10(13-6-5-12(24-2)9-16(13)25-3)19-17(21)11-4-7-14(18)15(8-11)20(22)23/h4-10H,18H2,1-3H3,(H,19,21). The average molecular weight is 345 g/mol. The summed E-state index contributed by atoms with van der Waals surface area (Å²) in [6.45, 7) is 1.79. The number of hydrogen-bond donors (Lipinski definition) is 2. The molecule has 132 valence electrons. The Morgan fingerprint density at radius 3 is 2.52 bits per heavy atom. The zero-order valence-corrected chi connectivity index (χ0v) is 14.1. The van der Waals surface area contributed by atoms with Crippen molar-refractivity contribution in [2.45, 2.75) is 13.0 Å². The van der Waals surface area contributed by atoms with E-state index < -0.39 is 10.8 Å². The van der Waals surface area contributed by atoms with E-state index in [0.29, 0.717) is 11.5 Å². The molecular weight excluding hydrogens is 326 g/mol. The topological polar surface area (TPSA) is 117 Å². The lowest BCUT2D eigenvalue weighted by molar-refractivity contribution is -0.383. The average Bonchev–Trinajstić information content (AvgIpc) is 2.60. The SMILES string of the molecule is COc1ccc(C(C)NC(=O)c2ccc(N)c([N+](=O)[O-])c2)c(OC)c1. The molecule has 0 aliphatic rings.